The molecule has 0 bridgehead atoms. The van der Waals surface area contributed by atoms with E-state index >= 15 is 0 Å². The van der Waals surface area contributed by atoms with Gasteiger partial charge in [-0.15, -0.1) is 0 Å². The van der Waals surface area contributed by atoms with Crippen molar-refractivity contribution in [3.63, 3.8) is 0 Å². The van der Waals surface area contributed by atoms with Crippen LogP contribution in [-0.4, -0.2) is 16.5 Å². The molecule has 2 aromatic rings. The van der Waals surface area contributed by atoms with Crippen LogP contribution in [0.15, 0.2) is 24.3 Å². The van der Waals surface area contributed by atoms with Gasteiger partial charge in [-0.1, -0.05) is 6.92 Å². The molecule has 0 aliphatic carbocycles. The first-order valence-corrected chi connectivity index (χ1v) is 6.70. The van der Waals surface area contributed by atoms with Crippen molar-refractivity contribution < 1.29 is 8.78 Å². The van der Waals surface area contributed by atoms with Gasteiger partial charge in [0.25, 0.3) is 0 Å². The van der Waals surface area contributed by atoms with Gasteiger partial charge in [-0.05, 0) is 25.5 Å². The van der Waals surface area contributed by atoms with Gasteiger partial charge >= 0.3 is 0 Å². The van der Waals surface area contributed by atoms with Crippen molar-refractivity contribution in [3.8, 4) is 11.3 Å². The molecular formula is C15H17F2N3. The third-order valence-electron chi connectivity index (χ3n) is 2.76. The van der Waals surface area contributed by atoms with E-state index in [0.29, 0.717) is 22.9 Å². The zero-order valence-corrected chi connectivity index (χ0v) is 11.6. The van der Waals surface area contributed by atoms with Crippen LogP contribution < -0.4 is 5.32 Å². The van der Waals surface area contributed by atoms with Crippen LogP contribution in [0.4, 0.5) is 14.6 Å². The molecule has 0 saturated heterocycles. The van der Waals surface area contributed by atoms with E-state index in [0.717, 1.165) is 25.5 Å². The third-order valence-corrected chi connectivity index (χ3v) is 2.76. The second-order valence-electron chi connectivity index (χ2n) is 4.49. The minimum Gasteiger partial charge on any atom is -0.370 e. The first kappa shape index (κ1) is 14.4. The Morgan fingerprint density at radius 2 is 1.70 bits per heavy atom. The number of hydrogen-bond acceptors (Lipinski definition) is 3. The fourth-order valence-corrected chi connectivity index (χ4v) is 1.95. The first-order chi connectivity index (χ1) is 9.62. The lowest BCUT2D eigenvalue weighted by Gasteiger charge is -2.09. The average Bonchev–Trinajstić information content (AvgIpc) is 2.38. The highest BCUT2D eigenvalue weighted by atomic mass is 19.1. The van der Waals surface area contributed by atoms with Crippen molar-refractivity contribution in [2.45, 2.75) is 26.7 Å². The molecule has 1 N–H and O–H groups in total. The van der Waals surface area contributed by atoms with Crippen LogP contribution >= 0.6 is 0 Å². The summed E-state index contributed by atoms with van der Waals surface area (Å²) in [5, 5.41) is 3.11. The van der Waals surface area contributed by atoms with Gasteiger partial charge in [0.2, 0.25) is 0 Å². The number of benzene rings is 1. The Labute approximate surface area is 117 Å². The molecule has 1 heterocycles. The molecule has 0 aliphatic heterocycles. The fraction of sp³-hybridized carbons (Fsp3) is 0.333. The lowest BCUT2D eigenvalue weighted by Crippen LogP contribution is -2.04. The van der Waals surface area contributed by atoms with E-state index in [1.165, 1.54) is 12.1 Å². The highest BCUT2D eigenvalue weighted by Crippen LogP contribution is 2.22. The van der Waals surface area contributed by atoms with Crippen molar-refractivity contribution in [1.29, 1.82) is 0 Å². The van der Waals surface area contributed by atoms with E-state index < -0.39 is 11.6 Å². The summed E-state index contributed by atoms with van der Waals surface area (Å²) in [5.41, 5.74) is 0.944. The van der Waals surface area contributed by atoms with Gasteiger partial charge in [-0.25, -0.2) is 18.7 Å². The number of anilines is 1. The molecule has 1 aromatic heterocycles. The molecule has 0 spiro atoms. The maximum absolute atomic E-state index is 13.3. The molecule has 106 valence electrons. The van der Waals surface area contributed by atoms with Crippen LogP contribution in [0.3, 0.4) is 0 Å². The van der Waals surface area contributed by atoms with Crippen LogP contribution in [0.25, 0.3) is 11.3 Å². The van der Waals surface area contributed by atoms with Gasteiger partial charge in [0.05, 0.1) is 5.69 Å². The smallest absolute Gasteiger partial charge is 0.131 e. The Morgan fingerprint density at radius 1 is 1.00 bits per heavy atom. The summed E-state index contributed by atoms with van der Waals surface area (Å²) in [4.78, 5) is 8.75. The number of aryl methyl sites for hydroxylation is 1. The topological polar surface area (TPSA) is 37.8 Å². The molecule has 20 heavy (non-hydrogen) atoms. The maximum Gasteiger partial charge on any atom is 0.131 e. The van der Waals surface area contributed by atoms with Crippen LogP contribution in [0, 0.1) is 11.6 Å². The summed E-state index contributed by atoms with van der Waals surface area (Å²) in [6, 6.07) is 5.10. The summed E-state index contributed by atoms with van der Waals surface area (Å²) in [7, 11) is 0. The minimum atomic E-state index is -0.611. The number of halogens is 2. The predicted molar refractivity (Wildman–Crippen MR) is 75.5 cm³/mol. The Morgan fingerprint density at radius 3 is 2.30 bits per heavy atom. The second-order valence-corrected chi connectivity index (χ2v) is 4.49. The quantitative estimate of drug-likeness (QED) is 0.903. The molecule has 1 aromatic carbocycles. The van der Waals surface area contributed by atoms with Gasteiger partial charge in [-0.3, -0.25) is 0 Å². The molecule has 3 nitrogen and oxygen atoms in total. The molecule has 0 amide bonds. The predicted octanol–water partition coefficient (Wildman–Crippen LogP) is 3.81. The molecular weight excluding hydrogens is 260 g/mol. The van der Waals surface area contributed by atoms with Gasteiger partial charge < -0.3 is 5.32 Å². The summed E-state index contributed by atoms with van der Waals surface area (Å²) < 4.78 is 26.6. The molecule has 0 unspecified atom stereocenters. The van der Waals surface area contributed by atoms with Gasteiger partial charge in [0, 0.05) is 30.7 Å². The SMILES string of the molecule is CCCc1nc(NCC)cc(-c2cc(F)cc(F)c2)n1. The van der Waals surface area contributed by atoms with E-state index in [9.17, 15) is 8.78 Å². The number of hydrogen-bond donors (Lipinski definition) is 1. The molecule has 0 radical (unpaired) electrons. The van der Waals surface area contributed by atoms with Crippen molar-refractivity contribution in [2.24, 2.45) is 0 Å². The van der Waals surface area contributed by atoms with Crippen molar-refractivity contribution in [1.82, 2.24) is 9.97 Å². The zero-order valence-electron chi connectivity index (χ0n) is 11.6. The van der Waals surface area contributed by atoms with E-state index in [1.807, 2.05) is 13.8 Å². The molecule has 0 atom stereocenters. The number of rotatable bonds is 5. The summed E-state index contributed by atoms with van der Waals surface area (Å²) >= 11 is 0. The maximum atomic E-state index is 13.3. The molecule has 0 saturated carbocycles. The van der Waals surface area contributed by atoms with Gasteiger partial charge in [-0.2, -0.15) is 0 Å². The molecule has 0 fully saturated rings. The fourth-order valence-electron chi connectivity index (χ4n) is 1.95. The standard InChI is InChI=1S/C15H17F2N3/c1-3-5-14-19-13(9-15(20-14)18-4-2)10-6-11(16)8-12(17)7-10/h6-9H,3-5H2,1-2H3,(H,18,19,20). The van der Waals surface area contributed by atoms with Crippen molar-refractivity contribution in [3.05, 3.63) is 41.7 Å². The van der Waals surface area contributed by atoms with E-state index in [2.05, 4.69) is 15.3 Å². The summed E-state index contributed by atoms with van der Waals surface area (Å²) in [6.07, 6.45) is 1.64. The Balaban J connectivity index is 2.48. The molecule has 2 rings (SSSR count). The second kappa shape index (κ2) is 6.41. The summed E-state index contributed by atoms with van der Waals surface area (Å²) in [5.74, 6) is 0.123. The van der Waals surface area contributed by atoms with Crippen LogP contribution in [0.5, 0.6) is 0 Å². The van der Waals surface area contributed by atoms with E-state index in [4.69, 9.17) is 0 Å². The largest absolute Gasteiger partial charge is 0.370 e. The zero-order chi connectivity index (χ0) is 14.5. The van der Waals surface area contributed by atoms with Gasteiger partial charge in [0.1, 0.15) is 23.3 Å². The lowest BCUT2D eigenvalue weighted by atomic mass is 10.1. The monoisotopic (exact) mass is 277 g/mol. The number of nitrogens with one attached hydrogen (secondary N) is 1. The van der Waals surface area contributed by atoms with Crippen LogP contribution in [-0.2, 0) is 6.42 Å². The Bertz CT molecular complexity index is 555. The van der Waals surface area contributed by atoms with E-state index in [-0.39, 0.29) is 0 Å². The van der Waals surface area contributed by atoms with Crippen molar-refractivity contribution >= 4 is 5.82 Å². The normalized spacial score (nSPS) is 10.6. The van der Waals surface area contributed by atoms with Gasteiger partial charge in [0.15, 0.2) is 0 Å². The third kappa shape index (κ3) is 3.50. The molecule has 0 aliphatic rings. The Hall–Kier alpha value is -2.04. The highest BCUT2D eigenvalue weighted by Gasteiger charge is 2.08. The van der Waals surface area contributed by atoms with E-state index in [1.54, 1.807) is 6.07 Å². The first-order valence-electron chi connectivity index (χ1n) is 6.70. The lowest BCUT2D eigenvalue weighted by molar-refractivity contribution is 0.584. The van der Waals surface area contributed by atoms with Crippen molar-refractivity contribution in [2.75, 3.05) is 11.9 Å². The minimum absolute atomic E-state index is 0.418. The summed E-state index contributed by atoms with van der Waals surface area (Å²) in [6.45, 7) is 4.72. The van der Waals surface area contributed by atoms with Crippen LogP contribution in [0.1, 0.15) is 26.1 Å². The molecule has 5 heteroatoms. The Kier molecular flexibility index (Phi) is 4.61. The highest BCUT2D eigenvalue weighted by molar-refractivity contribution is 5.62. The number of nitrogens with zero attached hydrogens (tertiary/aromatic N) is 2. The van der Waals surface area contributed by atoms with Crippen LogP contribution in [0.2, 0.25) is 0 Å². The average molecular weight is 277 g/mol. The number of aromatic nitrogens is 2.